The van der Waals surface area contributed by atoms with E-state index in [-0.39, 0.29) is 11.7 Å². The molecule has 0 spiro atoms. The van der Waals surface area contributed by atoms with E-state index in [4.69, 9.17) is 21.8 Å². The molecule has 6 nitrogen and oxygen atoms in total. The van der Waals surface area contributed by atoms with Crippen molar-refractivity contribution in [2.45, 2.75) is 0 Å². The van der Waals surface area contributed by atoms with Crippen LogP contribution in [0.1, 0.15) is 10.5 Å². The van der Waals surface area contributed by atoms with Crippen molar-refractivity contribution in [2.75, 3.05) is 5.32 Å². The number of carbonyl (C=O) groups excluding carboxylic acids is 1. The Labute approximate surface area is 116 Å². The van der Waals surface area contributed by atoms with Gasteiger partial charge in [-0.25, -0.2) is 4.98 Å². The third-order valence-corrected chi connectivity index (χ3v) is 3.31. The van der Waals surface area contributed by atoms with Gasteiger partial charge in [0.2, 0.25) is 0 Å². The molecule has 2 heterocycles. The minimum absolute atomic E-state index is 0.201. The largest absolute Gasteiger partial charge is 0.423 e. The molecule has 1 amide bonds. The summed E-state index contributed by atoms with van der Waals surface area (Å²) < 4.78 is 5.47. The molecule has 3 aromatic rings. The number of aromatic nitrogens is 2. The zero-order valence-electron chi connectivity index (χ0n) is 9.38. The van der Waals surface area contributed by atoms with Crippen LogP contribution in [-0.4, -0.2) is 15.9 Å². The van der Waals surface area contributed by atoms with Crippen LogP contribution in [0.4, 0.5) is 11.1 Å². The molecule has 0 unspecified atom stereocenters. The zero-order valence-corrected chi connectivity index (χ0v) is 11.0. The molecule has 3 rings (SSSR count). The molecule has 0 saturated carbocycles. The highest BCUT2D eigenvalue weighted by atomic mass is 35.5. The minimum atomic E-state index is -0.575. The van der Waals surface area contributed by atoms with Crippen molar-refractivity contribution in [1.82, 2.24) is 9.97 Å². The number of halogens is 1. The lowest BCUT2D eigenvalue weighted by molar-refractivity contribution is 0.0996. The first-order valence-corrected chi connectivity index (χ1v) is 6.46. The van der Waals surface area contributed by atoms with E-state index < -0.39 is 5.91 Å². The van der Waals surface area contributed by atoms with E-state index in [9.17, 15) is 4.79 Å². The van der Waals surface area contributed by atoms with Gasteiger partial charge in [-0.05, 0) is 12.1 Å². The highest BCUT2D eigenvalue weighted by molar-refractivity contribution is 7.14. The number of anilines is 2. The number of fused-ring (bicyclic) bond motifs is 1. The van der Waals surface area contributed by atoms with Crippen LogP contribution in [0.25, 0.3) is 11.1 Å². The van der Waals surface area contributed by atoms with Gasteiger partial charge in [0.15, 0.2) is 10.7 Å². The topological polar surface area (TPSA) is 94.0 Å². The standard InChI is InChI=1S/C11H7ClN4O2S/c12-5-1-2-6-8(3-5)18-10(14-6)16-11-15-7(4-19-11)9(13)17/h1-4H,(H2,13,17)(H,14,15,16). The number of rotatable bonds is 3. The maximum absolute atomic E-state index is 10.9. The lowest BCUT2D eigenvalue weighted by atomic mass is 10.3. The third-order valence-electron chi connectivity index (χ3n) is 2.32. The summed E-state index contributed by atoms with van der Waals surface area (Å²) in [5.74, 6) is -0.575. The summed E-state index contributed by atoms with van der Waals surface area (Å²) in [7, 11) is 0. The summed E-state index contributed by atoms with van der Waals surface area (Å²) >= 11 is 7.09. The van der Waals surface area contributed by atoms with Crippen molar-refractivity contribution >= 4 is 51.1 Å². The van der Waals surface area contributed by atoms with Crippen LogP contribution in [0.15, 0.2) is 28.0 Å². The highest BCUT2D eigenvalue weighted by Crippen LogP contribution is 2.25. The second kappa shape index (κ2) is 4.52. The van der Waals surface area contributed by atoms with Gasteiger partial charge in [0, 0.05) is 16.5 Å². The number of benzene rings is 1. The molecular formula is C11H7ClN4O2S. The van der Waals surface area contributed by atoms with Crippen molar-refractivity contribution in [2.24, 2.45) is 5.73 Å². The number of oxazole rings is 1. The minimum Gasteiger partial charge on any atom is -0.423 e. The van der Waals surface area contributed by atoms with Crippen molar-refractivity contribution < 1.29 is 9.21 Å². The Kier molecular flexibility index (Phi) is 2.84. The van der Waals surface area contributed by atoms with Crippen LogP contribution in [0.2, 0.25) is 5.02 Å². The van der Waals surface area contributed by atoms with Gasteiger partial charge in [0.25, 0.3) is 5.91 Å². The van der Waals surface area contributed by atoms with E-state index in [0.717, 1.165) is 0 Å². The normalized spacial score (nSPS) is 10.8. The number of primary amides is 1. The summed E-state index contributed by atoms with van der Waals surface area (Å²) in [6.07, 6.45) is 0. The van der Waals surface area contributed by atoms with Crippen molar-refractivity contribution in [3.8, 4) is 0 Å². The van der Waals surface area contributed by atoms with E-state index in [0.29, 0.717) is 21.3 Å². The van der Waals surface area contributed by atoms with E-state index in [1.165, 1.54) is 11.3 Å². The Morgan fingerprint density at radius 3 is 3.00 bits per heavy atom. The second-order valence-electron chi connectivity index (χ2n) is 3.66. The average molecular weight is 295 g/mol. The first-order chi connectivity index (χ1) is 9.11. The molecule has 0 atom stereocenters. The van der Waals surface area contributed by atoms with Crippen LogP contribution >= 0.6 is 22.9 Å². The summed E-state index contributed by atoms with van der Waals surface area (Å²) in [5, 5.41) is 5.47. The quantitative estimate of drug-likeness (QED) is 0.774. The molecule has 0 aliphatic rings. The number of hydrogen-bond acceptors (Lipinski definition) is 6. The lowest BCUT2D eigenvalue weighted by Gasteiger charge is -1.93. The predicted octanol–water partition coefficient (Wildman–Crippen LogP) is 2.78. The van der Waals surface area contributed by atoms with Crippen LogP contribution in [-0.2, 0) is 0 Å². The second-order valence-corrected chi connectivity index (χ2v) is 4.95. The van der Waals surface area contributed by atoms with Gasteiger partial charge in [-0.3, -0.25) is 10.1 Å². The summed E-state index contributed by atoms with van der Waals surface area (Å²) in [4.78, 5) is 19.1. The molecule has 19 heavy (non-hydrogen) atoms. The van der Waals surface area contributed by atoms with E-state index in [2.05, 4.69) is 15.3 Å². The number of nitrogens with one attached hydrogen (secondary N) is 1. The number of amides is 1. The molecular weight excluding hydrogens is 288 g/mol. The first kappa shape index (κ1) is 11.9. The smallest absolute Gasteiger partial charge is 0.302 e. The van der Waals surface area contributed by atoms with Crippen LogP contribution < -0.4 is 11.1 Å². The molecule has 8 heteroatoms. The number of thiazole rings is 1. The highest BCUT2D eigenvalue weighted by Gasteiger charge is 2.10. The Balaban J connectivity index is 1.89. The first-order valence-electron chi connectivity index (χ1n) is 5.20. The third kappa shape index (κ3) is 2.38. The summed E-state index contributed by atoms with van der Waals surface area (Å²) in [6, 6.07) is 5.43. The molecule has 0 saturated heterocycles. The molecule has 0 radical (unpaired) electrons. The van der Waals surface area contributed by atoms with E-state index >= 15 is 0 Å². The monoisotopic (exact) mass is 294 g/mol. The lowest BCUT2D eigenvalue weighted by Crippen LogP contribution is -2.11. The van der Waals surface area contributed by atoms with Gasteiger partial charge in [-0.1, -0.05) is 11.6 Å². The van der Waals surface area contributed by atoms with Gasteiger partial charge >= 0.3 is 6.01 Å². The maximum atomic E-state index is 10.9. The fourth-order valence-electron chi connectivity index (χ4n) is 1.49. The maximum Gasteiger partial charge on any atom is 0.302 e. The average Bonchev–Trinajstić information content (AvgIpc) is 2.95. The van der Waals surface area contributed by atoms with Gasteiger partial charge in [0.05, 0.1) is 0 Å². The van der Waals surface area contributed by atoms with Crippen molar-refractivity contribution in [1.29, 1.82) is 0 Å². The van der Waals surface area contributed by atoms with Gasteiger partial charge in [0.1, 0.15) is 11.2 Å². The fourth-order valence-corrected chi connectivity index (χ4v) is 2.34. The van der Waals surface area contributed by atoms with Crippen molar-refractivity contribution in [3.05, 3.63) is 34.3 Å². The van der Waals surface area contributed by atoms with Gasteiger partial charge < -0.3 is 10.2 Å². The predicted molar refractivity (Wildman–Crippen MR) is 72.9 cm³/mol. The number of carbonyl (C=O) groups is 1. The Morgan fingerprint density at radius 2 is 2.26 bits per heavy atom. The zero-order chi connectivity index (χ0) is 13.4. The van der Waals surface area contributed by atoms with E-state index in [1.807, 2.05) is 0 Å². The Morgan fingerprint density at radius 1 is 1.42 bits per heavy atom. The number of nitrogens with two attached hydrogens (primary N) is 1. The molecule has 1 aromatic carbocycles. The van der Waals surface area contributed by atoms with E-state index in [1.54, 1.807) is 23.6 Å². The summed E-state index contributed by atoms with van der Waals surface area (Å²) in [5.41, 5.74) is 6.57. The van der Waals surface area contributed by atoms with Crippen LogP contribution in [0.5, 0.6) is 0 Å². The van der Waals surface area contributed by atoms with Gasteiger partial charge in [-0.15, -0.1) is 11.3 Å². The molecule has 2 aromatic heterocycles. The van der Waals surface area contributed by atoms with Gasteiger partial charge in [-0.2, -0.15) is 4.98 Å². The Bertz CT molecular complexity index is 767. The van der Waals surface area contributed by atoms with Crippen molar-refractivity contribution in [3.63, 3.8) is 0 Å². The van der Waals surface area contributed by atoms with Crippen LogP contribution in [0.3, 0.4) is 0 Å². The molecule has 0 fully saturated rings. The Hall–Kier alpha value is -2.12. The molecule has 3 N–H and O–H groups in total. The number of nitrogens with zero attached hydrogens (tertiary/aromatic N) is 2. The molecule has 0 bridgehead atoms. The SMILES string of the molecule is NC(=O)c1csc(Nc2nc3ccc(Cl)cc3o2)n1. The van der Waals surface area contributed by atoms with Crippen LogP contribution in [0, 0.1) is 0 Å². The fraction of sp³-hybridized carbons (Fsp3) is 0. The number of hydrogen-bond donors (Lipinski definition) is 2. The summed E-state index contributed by atoms with van der Waals surface area (Å²) in [6.45, 7) is 0. The molecule has 0 aliphatic carbocycles. The molecule has 0 aliphatic heterocycles. The molecule has 96 valence electrons.